The van der Waals surface area contributed by atoms with Gasteiger partial charge in [-0.2, -0.15) is 0 Å². The Morgan fingerprint density at radius 1 is 1.64 bits per heavy atom. The molecular weight excluding hydrogens is 152 g/mol. The van der Waals surface area contributed by atoms with Crippen LogP contribution in [0.4, 0.5) is 8.78 Å². The molecule has 0 aromatic heterocycles. The van der Waals surface area contributed by atoms with Crippen molar-refractivity contribution in [3.63, 3.8) is 0 Å². The van der Waals surface area contributed by atoms with Crippen molar-refractivity contribution >= 4 is 0 Å². The lowest BCUT2D eigenvalue weighted by Gasteiger charge is -2.17. The Labute approximate surface area is 64.8 Å². The van der Waals surface area contributed by atoms with E-state index in [9.17, 15) is 13.9 Å². The number of nitrogens with zero attached hydrogens (tertiary/aromatic N) is 1. The number of hydrogen-bond acceptors (Lipinski definition) is 2. The van der Waals surface area contributed by atoms with Crippen LogP contribution < -0.4 is 0 Å². The molecule has 1 N–H and O–H groups in total. The normalized spacial score (nSPS) is 33.5. The molecular formula is C7H13F2NO. The Morgan fingerprint density at radius 2 is 2.27 bits per heavy atom. The van der Waals surface area contributed by atoms with Gasteiger partial charge in [-0.15, -0.1) is 0 Å². The van der Waals surface area contributed by atoms with Gasteiger partial charge in [-0.05, 0) is 13.3 Å². The SMILES string of the molecule is CC1(O)CCN(CC(F)F)C1. The third kappa shape index (κ3) is 2.71. The molecule has 1 aliphatic rings. The van der Waals surface area contributed by atoms with Gasteiger partial charge in [0.05, 0.1) is 12.1 Å². The van der Waals surface area contributed by atoms with Gasteiger partial charge in [0, 0.05) is 13.1 Å². The van der Waals surface area contributed by atoms with Crippen LogP contribution in [0.2, 0.25) is 0 Å². The van der Waals surface area contributed by atoms with Crippen LogP contribution in [0.1, 0.15) is 13.3 Å². The van der Waals surface area contributed by atoms with Gasteiger partial charge in [0.1, 0.15) is 0 Å². The molecule has 0 amide bonds. The maximum atomic E-state index is 11.8. The number of β-amino-alcohol motifs (C(OH)–C–C–N with tert-alkyl or cyclic N) is 1. The first-order valence-corrected chi connectivity index (χ1v) is 3.72. The van der Waals surface area contributed by atoms with Crippen LogP contribution in [0, 0.1) is 0 Å². The lowest BCUT2D eigenvalue weighted by atomic mass is 10.1. The zero-order chi connectivity index (χ0) is 8.48. The molecule has 2 nitrogen and oxygen atoms in total. The Kier molecular flexibility index (Phi) is 2.44. The molecule has 0 aromatic carbocycles. The van der Waals surface area contributed by atoms with E-state index in [1.165, 1.54) is 0 Å². The van der Waals surface area contributed by atoms with E-state index in [0.717, 1.165) is 0 Å². The van der Waals surface area contributed by atoms with Gasteiger partial charge in [0.25, 0.3) is 6.43 Å². The Balaban J connectivity index is 2.31. The van der Waals surface area contributed by atoms with Crippen LogP contribution in [0.3, 0.4) is 0 Å². The topological polar surface area (TPSA) is 23.5 Å². The number of hydrogen-bond donors (Lipinski definition) is 1. The van der Waals surface area contributed by atoms with Gasteiger partial charge >= 0.3 is 0 Å². The second kappa shape index (κ2) is 3.03. The molecule has 0 aromatic rings. The van der Waals surface area contributed by atoms with Crippen LogP contribution in [0.25, 0.3) is 0 Å². The summed E-state index contributed by atoms with van der Waals surface area (Å²) in [6.45, 7) is 2.42. The van der Waals surface area contributed by atoms with Crippen molar-refractivity contribution in [3.8, 4) is 0 Å². The number of aliphatic hydroxyl groups is 1. The van der Waals surface area contributed by atoms with E-state index in [-0.39, 0.29) is 6.54 Å². The molecule has 0 aliphatic carbocycles. The molecule has 11 heavy (non-hydrogen) atoms. The van der Waals surface area contributed by atoms with Gasteiger partial charge in [-0.3, -0.25) is 4.90 Å². The number of rotatable bonds is 2. The predicted octanol–water partition coefficient (Wildman–Crippen LogP) is 0.708. The Hall–Kier alpha value is -0.220. The van der Waals surface area contributed by atoms with Crippen molar-refractivity contribution in [1.82, 2.24) is 4.90 Å². The Morgan fingerprint density at radius 3 is 2.64 bits per heavy atom. The van der Waals surface area contributed by atoms with E-state index in [1.54, 1.807) is 11.8 Å². The second-order valence-electron chi connectivity index (χ2n) is 3.37. The van der Waals surface area contributed by atoms with Crippen LogP contribution in [-0.2, 0) is 0 Å². The summed E-state index contributed by atoms with van der Waals surface area (Å²) < 4.78 is 23.6. The largest absolute Gasteiger partial charge is 0.389 e. The average molecular weight is 165 g/mol. The van der Waals surface area contributed by atoms with Crippen molar-refractivity contribution in [2.45, 2.75) is 25.4 Å². The van der Waals surface area contributed by atoms with Crippen LogP contribution in [0.5, 0.6) is 0 Å². The number of halogens is 2. The molecule has 1 unspecified atom stereocenters. The third-order valence-corrected chi connectivity index (χ3v) is 1.93. The molecule has 0 bridgehead atoms. The van der Waals surface area contributed by atoms with Gasteiger partial charge in [0.15, 0.2) is 0 Å². The molecule has 4 heteroatoms. The van der Waals surface area contributed by atoms with Crippen molar-refractivity contribution in [2.75, 3.05) is 19.6 Å². The lowest BCUT2D eigenvalue weighted by Crippen LogP contribution is -2.32. The highest BCUT2D eigenvalue weighted by molar-refractivity contribution is 4.85. The molecule has 1 heterocycles. The van der Waals surface area contributed by atoms with Crippen LogP contribution in [0.15, 0.2) is 0 Å². The minimum Gasteiger partial charge on any atom is -0.389 e. The predicted molar refractivity (Wildman–Crippen MR) is 37.7 cm³/mol. The molecule has 1 fully saturated rings. The molecule has 0 radical (unpaired) electrons. The zero-order valence-electron chi connectivity index (χ0n) is 6.56. The zero-order valence-corrected chi connectivity index (χ0v) is 6.56. The fourth-order valence-electron chi connectivity index (χ4n) is 1.39. The van der Waals surface area contributed by atoms with Crippen LogP contribution >= 0.6 is 0 Å². The molecule has 0 spiro atoms. The third-order valence-electron chi connectivity index (χ3n) is 1.93. The van der Waals surface area contributed by atoms with E-state index >= 15 is 0 Å². The fourth-order valence-corrected chi connectivity index (χ4v) is 1.39. The van der Waals surface area contributed by atoms with Gasteiger partial charge in [0.2, 0.25) is 0 Å². The van der Waals surface area contributed by atoms with E-state index < -0.39 is 12.0 Å². The van der Waals surface area contributed by atoms with Crippen molar-refractivity contribution in [2.24, 2.45) is 0 Å². The first-order chi connectivity index (χ1) is 4.99. The highest BCUT2D eigenvalue weighted by atomic mass is 19.3. The smallest absolute Gasteiger partial charge is 0.251 e. The highest BCUT2D eigenvalue weighted by Gasteiger charge is 2.32. The summed E-state index contributed by atoms with van der Waals surface area (Å²) in [7, 11) is 0. The summed E-state index contributed by atoms with van der Waals surface area (Å²) in [5.41, 5.74) is -0.755. The first kappa shape index (κ1) is 8.87. The first-order valence-electron chi connectivity index (χ1n) is 3.72. The summed E-state index contributed by atoms with van der Waals surface area (Å²) in [4.78, 5) is 1.59. The maximum Gasteiger partial charge on any atom is 0.251 e. The van der Waals surface area contributed by atoms with E-state index in [2.05, 4.69) is 0 Å². The molecule has 1 aliphatic heterocycles. The van der Waals surface area contributed by atoms with E-state index in [1.807, 2.05) is 0 Å². The minimum atomic E-state index is -2.29. The van der Waals surface area contributed by atoms with Crippen molar-refractivity contribution in [3.05, 3.63) is 0 Å². The minimum absolute atomic E-state index is 0.212. The summed E-state index contributed by atoms with van der Waals surface area (Å²) in [5.74, 6) is 0. The summed E-state index contributed by atoms with van der Waals surface area (Å²) >= 11 is 0. The fraction of sp³-hybridized carbons (Fsp3) is 1.00. The Bertz CT molecular complexity index is 138. The molecule has 66 valence electrons. The molecule has 1 rings (SSSR count). The number of likely N-dealkylation sites (tertiary alicyclic amines) is 1. The van der Waals surface area contributed by atoms with E-state index in [0.29, 0.717) is 19.5 Å². The molecule has 1 saturated heterocycles. The highest BCUT2D eigenvalue weighted by Crippen LogP contribution is 2.20. The summed E-state index contributed by atoms with van der Waals surface area (Å²) in [6.07, 6.45) is -1.69. The van der Waals surface area contributed by atoms with Gasteiger partial charge < -0.3 is 5.11 Å². The number of alkyl halides is 2. The standard InChI is InChI=1S/C7H13F2NO/c1-7(11)2-3-10(5-7)4-6(8)9/h6,11H,2-5H2,1H3. The second-order valence-corrected chi connectivity index (χ2v) is 3.37. The van der Waals surface area contributed by atoms with Crippen LogP contribution in [-0.4, -0.2) is 41.7 Å². The molecule has 0 saturated carbocycles. The summed E-state index contributed by atoms with van der Waals surface area (Å²) in [5, 5.41) is 9.39. The monoisotopic (exact) mass is 165 g/mol. The van der Waals surface area contributed by atoms with Crippen molar-refractivity contribution < 1.29 is 13.9 Å². The van der Waals surface area contributed by atoms with Crippen molar-refractivity contribution in [1.29, 1.82) is 0 Å². The van der Waals surface area contributed by atoms with E-state index in [4.69, 9.17) is 0 Å². The molecule has 1 atom stereocenters. The summed E-state index contributed by atoms with van der Waals surface area (Å²) in [6, 6.07) is 0. The average Bonchev–Trinajstić information content (AvgIpc) is 2.08. The van der Waals surface area contributed by atoms with Gasteiger partial charge in [-0.25, -0.2) is 8.78 Å². The quantitative estimate of drug-likeness (QED) is 0.651. The maximum absolute atomic E-state index is 11.8. The lowest BCUT2D eigenvalue weighted by molar-refractivity contribution is 0.0522. The van der Waals surface area contributed by atoms with Gasteiger partial charge in [-0.1, -0.05) is 0 Å².